The molecule has 0 aliphatic carbocycles. The Bertz CT molecular complexity index is 374. The number of sulfonamides is 1. The molecule has 0 radical (unpaired) electrons. The zero-order chi connectivity index (χ0) is 11.5. The Balaban J connectivity index is 2.56. The van der Waals surface area contributed by atoms with E-state index in [0.717, 1.165) is 0 Å². The van der Waals surface area contributed by atoms with Crippen molar-refractivity contribution in [2.75, 3.05) is 6.54 Å². The topological polar surface area (TPSA) is 99.1 Å². The summed E-state index contributed by atoms with van der Waals surface area (Å²) in [5.74, 6) is -0.0706. The van der Waals surface area contributed by atoms with Crippen LogP contribution in [0.1, 0.15) is 19.8 Å². The quantitative estimate of drug-likeness (QED) is 0.657. The molecule has 1 heterocycles. The third-order valence-corrected chi connectivity index (χ3v) is 3.94. The van der Waals surface area contributed by atoms with Crippen LogP contribution in [0.15, 0.2) is 0 Å². The molecule has 7 heteroatoms. The lowest BCUT2D eigenvalue weighted by atomic mass is 10.1. The van der Waals surface area contributed by atoms with Gasteiger partial charge in [-0.1, -0.05) is 0 Å². The minimum Gasteiger partial charge on any atom is -0.355 e. The minimum absolute atomic E-state index is 0.0706. The van der Waals surface area contributed by atoms with Crippen LogP contribution in [0.5, 0.6) is 0 Å². The Hall–Kier alpha value is -1.13. The summed E-state index contributed by atoms with van der Waals surface area (Å²) >= 11 is 0. The summed E-state index contributed by atoms with van der Waals surface area (Å²) in [6, 6.07) is 1.36. The van der Waals surface area contributed by atoms with Crippen molar-refractivity contribution in [3.8, 4) is 6.07 Å². The Morgan fingerprint density at radius 3 is 2.80 bits per heavy atom. The van der Waals surface area contributed by atoms with Crippen LogP contribution < -0.4 is 10.0 Å². The van der Waals surface area contributed by atoms with E-state index in [0.29, 0.717) is 12.8 Å². The van der Waals surface area contributed by atoms with E-state index in [1.807, 2.05) is 0 Å². The van der Waals surface area contributed by atoms with Gasteiger partial charge in [-0.05, 0) is 13.3 Å². The normalized spacial score (nSPS) is 24.0. The number of carbonyl (C=O) groups excluding carboxylic acids is 1. The number of nitriles is 1. The van der Waals surface area contributed by atoms with Crippen LogP contribution in [0, 0.1) is 11.3 Å². The molecule has 1 aliphatic heterocycles. The van der Waals surface area contributed by atoms with Crippen molar-refractivity contribution in [1.29, 1.82) is 5.26 Å². The fraction of sp³-hybridized carbons (Fsp3) is 0.750. The Labute approximate surface area is 88.7 Å². The van der Waals surface area contributed by atoms with Crippen molar-refractivity contribution >= 4 is 15.9 Å². The largest absolute Gasteiger partial charge is 0.355 e. The number of hydrogen-bond donors (Lipinski definition) is 2. The number of piperidine rings is 1. The minimum atomic E-state index is -3.59. The van der Waals surface area contributed by atoms with Gasteiger partial charge in [-0.2, -0.15) is 5.26 Å². The maximum atomic E-state index is 11.5. The predicted octanol–water partition coefficient (Wildman–Crippen LogP) is -0.904. The second-order valence-corrected chi connectivity index (χ2v) is 5.51. The van der Waals surface area contributed by atoms with Crippen LogP contribution in [0.4, 0.5) is 0 Å². The summed E-state index contributed by atoms with van der Waals surface area (Å²) in [6.45, 7) is 1.61. The molecular formula is C8H13N3O3S. The molecule has 0 aromatic rings. The Morgan fingerprint density at radius 2 is 2.33 bits per heavy atom. The first-order chi connectivity index (χ1) is 6.95. The molecule has 1 amide bonds. The third kappa shape index (κ3) is 3.18. The molecule has 0 saturated carbocycles. The summed E-state index contributed by atoms with van der Waals surface area (Å²) in [5, 5.41) is 9.99. The molecule has 2 unspecified atom stereocenters. The number of amides is 1. The first kappa shape index (κ1) is 11.9. The van der Waals surface area contributed by atoms with Gasteiger partial charge >= 0.3 is 0 Å². The zero-order valence-corrected chi connectivity index (χ0v) is 9.17. The van der Waals surface area contributed by atoms with Crippen molar-refractivity contribution in [3.63, 3.8) is 0 Å². The van der Waals surface area contributed by atoms with E-state index in [1.165, 1.54) is 6.92 Å². The van der Waals surface area contributed by atoms with Crippen LogP contribution in [0.3, 0.4) is 0 Å². The van der Waals surface area contributed by atoms with E-state index in [4.69, 9.17) is 5.26 Å². The highest BCUT2D eigenvalue weighted by Gasteiger charge is 2.26. The molecule has 2 atom stereocenters. The van der Waals surface area contributed by atoms with Crippen LogP contribution in [0.2, 0.25) is 0 Å². The molecule has 15 heavy (non-hydrogen) atoms. The molecule has 0 bridgehead atoms. The smallest absolute Gasteiger partial charge is 0.228 e. The van der Waals surface area contributed by atoms with Crippen LogP contribution in [-0.2, 0) is 14.8 Å². The van der Waals surface area contributed by atoms with Gasteiger partial charge in [0.1, 0.15) is 0 Å². The van der Waals surface area contributed by atoms with E-state index in [9.17, 15) is 13.2 Å². The summed E-state index contributed by atoms with van der Waals surface area (Å²) in [7, 11) is -3.59. The van der Waals surface area contributed by atoms with Crippen molar-refractivity contribution in [2.45, 2.75) is 31.1 Å². The molecule has 84 valence electrons. The lowest BCUT2D eigenvalue weighted by Crippen LogP contribution is -2.49. The average molecular weight is 231 g/mol. The van der Waals surface area contributed by atoms with E-state index in [-0.39, 0.29) is 18.5 Å². The molecule has 2 N–H and O–H groups in total. The first-order valence-corrected chi connectivity index (χ1v) is 6.18. The summed E-state index contributed by atoms with van der Waals surface area (Å²) in [5.41, 5.74) is 0. The second kappa shape index (κ2) is 4.59. The van der Waals surface area contributed by atoms with Gasteiger partial charge in [0, 0.05) is 19.0 Å². The van der Waals surface area contributed by atoms with E-state index in [1.54, 1.807) is 6.07 Å². The van der Waals surface area contributed by atoms with Crippen molar-refractivity contribution < 1.29 is 13.2 Å². The van der Waals surface area contributed by atoms with Gasteiger partial charge in [0.25, 0.3) is 0 Å². The van der Waals surface area contributed by atoms with Gasteiger partial charge in [-0.25, -0.2) is 13.1 Å². The summed E-state index contributed by atoms with van der Waals surface area (Å²) in [4.78, 5) is 10.8. The first-order valence-electron chi connectivity index (χ1n) is 4.63. The molecule has 0 aromatic carbocycles. The summed E-state index contributed by atoms with van der Waals surface area (Å²) in [6.07, 6.45) is 0.789. The fourth-order valence-corrected chi connectivity index (χ4v) is 2.25. The number of hydrogen-bond acceptors (Lipinski definition) is 4. The Kier molecular flexibility index (Phi) is 3.66. The van der Waals surface area contributed by atoms with Crippen molar-refractivity contribution in [2.24, 2.45) is 0 Å². The SMILES string of the molecule is CC(C#N)S(=O)(=O)NC1CCC(=O)NC1. The Morgan fingerprint density at radius 1 is 1.67 bits per heavy atom. The van der Waals surface area contributed by atoms with Crippen molar-refractivity contribution in [3.05, 3.63) is 0 Å². The molecule has 0 aromatic heterocycles. The van der Waals surface area contributed by atoms with Crippen LogP contribution in [0.25, 0.3) is 0 Å². The molecule has 1 rings (SSSR count). The molecule has 6 nitrogen and oxygen atoms in total. The number of nitrogens with zero attached hydrogens (tertiary/aromatic N) is 1. The highest BCUT2D eigenvalue weighted by atomic mass is 32.2. The van der Waals surface area contributed by atoms with Gasteiger partial charge in [0.05, 0.1) is 6.07 Å². The fourth-order valence-electron chi connectivity index (χ4n) is 1.24. The predicted molar refractivity (Wildman–Crippen MR) is 53.2 cm³/mol. The van der Waals surface area contributed by atoms with Gasteiger partial charge < -0.3 is 5.32 Å². The van der Waals surface area contributed by atoms with Gasteiger partial charge in [0.15, 0.2) is 5.25 Å². The lowest BCUT2D eigenvalue weighted by molar-refractivity contribution is -0.122. The third-order valence-electron chi connectivity index (χ3n) is 2.24. The highest BCUT2D eigenvalue weighted by Crippen LogP contribution is 2.06. The van der Waals surface area contributed by atoms with Crippen LogP contribution in [-0.4, -0.2) is 32.2 Å². The molecule has 1 aliphatic rings. The standard InChI is InChI=1S/C8H13N3O3S/c1-6(4-9)15(13,14)11-7-2-3-8(12)10-5-7/h6-7,11H,2-3,5H2,1H3,(H,10,12). The number of rotatable bonds is 3. The zero-order valence-electron chi connectivity index (χ0n) is 8.36. The highest BCUT2D eigenvalue weighted by molar-refractivity contribution is 7.90. The molecule has 0 spiro atoms. The van der Waals surface area contributed by atoms with E-state index < -0.39 is 15.3 Å². The van der Waals surface area contributed by atoms with E-state index >= 15 is 0 Å². The van der Waals surface area contributed by atoms with Gasteiger partial charge in [-0.3, -0.25) is 4.79 Å². The lowest BCUT2D eigenvalue weighted by Gasteiger charge is -2.23. The summed E-state index contributed by atoms with van der Waals surface area (Å²) < 4.78 is 25.3. The van der Waals surface area contributed by atoms with Gasteiger partial charge in [0.2, 0.25) is 15.9 Å². The van der Waals surface area contributed by atoms with Crippen molar-refractivity contribution in [1.82, 2.24) is 10.0 Å². The maximum absolute atomic E-state index is 11.5. The average Bonchev–Trinajstić information content (AvgIpc) is 2.20. The molecule has 1 saturated heterocycles. The molecule has 1 fully saturated rings. The second-order valence-electron chi connectivity index (χ2n) is 3.47. The van der Waals surface area contributed by atoms with Crippen LogP contribution >= 0.6 is 0 Å². The van der Waals surface area contributed by atoms with E-state index in [2.05, 4.69) is 10.0 Å². The number of carbonyl (C=O) groups is 1. The number of nitrogens with one attached hydrogen (secondary N) is 2. The maximum Gasteiger partial charge on any atom is 0.228 e. The monoisotopic (exact) mass is 231 g/mol. The molecular weight excluding hydrogens is 218 g/mol. The van der Waals surface area contributed by atoms with Gasteiger partial charge in [-0.15, -0.1) is 0 Å².